The van der Waals surface area contributed by atoms with Gasteiger partial charge in [0, 0.05) is 31.7 Å². The Hall–Kier alpha value is -3.56. The highest BCUT2D eigenvalue weighted by atomic mass is 16.7. The second-order valence-corrected chi connectivity index (χ2v) is 8.64. The lowest BCUT2D eigenvalue weighted by Gasteiger charge is -2.29. The number of aliphatic hydroxyl groups is 1. The van der Waals surface area contributed by atoms with E-state index < -0.39 is 17.7 Å². The number of benzene rings is 2. The second-order valence-electron chi connectivity index (χ2n) is 8.64. The van der Waals surface area contributed by atoms with E-state index in [-0.39, 0.29) is 18.1 Å². The topological polar surface area (TPSA) is 97.8 Å². The van der Waals surface area contributed by atoms with Gasteiger partial charge in [-0.3, -0.25) is 14.5 Å². The maximum atomic E-state index is 13.2. The maximum absolute atomic E-state index is 13.2. The van der Waals surface area contributed by atoms with Crippen LogP contribution in [0.5, 0.6) is 17.2 Å². The number of Topliss-reactive ketones (excluding diaryl/α,β-unsaturated/α-hetero) is 1. The molecule has 35 heavy (non-hydrogen) atoms. The number of morpholine rings is 1. The Labute approximate surface area is 203 Å². The van der Waals surface area contributed by atoms with Crippen molar-refractivity contribution in [3.63, 3.8) is 0 Å². The number of nitrogens with zero attached hydrogens (tertiary/aromatic N) is 2. The molecule has 1 unspecified atom stereocenters. The molecular formula is C26H28N2O7. The zero-order chi connectivity index (χ0) is 24.4. The number of methoxy groups -OCH3 is 1. The van der Waals surface area contributed by atoms with Gasteiger partial charge in [0.15, 0.2) is 11.5 Å². The zero-order valence-electron chi connectivity index (χ0n) is 19.6. The number of carbonyl (C=O) groups excluding carboxylic acids is 2. The third-order valence-electron chi connectivity index (χ3n) is 6.57. The molecule has 0 spiro atoms. The van der Waals surface area contributed by atoms with Crippen LogP contribution >= 0.6 is 0 Å². The molecule has 0 aromatic heterocycles. The van der Waals surface area contributed by atoms with E-state index in [1.54, 1.807) is 42.3 Å². The number of ketones is 1. The molecule has 184 valence electrons. The Morgan fingerprint density at radius 1 is 1.06 bits per heavy atom. The van der Waals surface area contributed by atoms with Gasteiger partial charge in [0.1, 0.15) is 11.5 Å². The SMILES string of the molecule is COc1cccc(C2C(=C(O)c3ccc4c(c3)OCO4)C(=O)C(=O)N2CCCN2CCOCC2)c1. The van der Waals surface area contributed by atoms with E-state index in [2.05, 4.69) is 4.90 Å². The van der Waals surface area contributed by atoms with Gasteiger partial charge in [-0.05, 0) is 42.3 Å². The highest BCUT2D eigenvalue weighted by molar-refractivity contribution is 6.46. The number of rotatable bonds is 7. The largest absolute Gasteiger partial charge is 0.507 e. The number of carbonyl (C=O) groups is 2. The predicted octanol–water partition coefficient (Wildman–Crippen LogP) is 2.57. The van der Waals surface area contributed by atoms with Crippen LogP contribution in [0, 0.1) is 0 Å². The average Bonchev–Trinajstić information content (AvgIpc) is 3.46. The molecule has 2 aromatic rings. The van der Waals surface area contributed by atoms with Crippen molar-refractivity contribution in [3.05, 3.63) is 59.2 Å². The van der Waals surface area contributed by atoms with Crippen LogP contribution in [-0.4, -0.2) is 79.9 Å². The number of hydrogen-bond acceptors (Lipinski definition) is 8. The Kier molecular flexibility index (Phi) is 6.61. The summed E-state index contributed by atoms with van der Waals surface area (Å²) in [6.07, 6.45) is 0.692. The highest BCUT2D eigenvalue weighted by Gasteiger charge is 2.46. The van der Waals surface area contributed by atoms with Gasteiger partial charge >= 0.3 is 0 Å². The lowest BCUT2D eigenvalue weighted by Crippen LogP contribution is -2.38. The fourth-order valence-corrected chi connectivity index (χ4v) is 4.76. The van der Waals surface area contributed by atoms with Gasteiger partial charge in [-0.1, -0.05) is 12.1 Å². The minimum Gasteiger partial charge on any atom is -0.507 e. The van der Waals surface area contributed by atoms with E-state index in [0.717, 1.165) is 19.6 Å². The normalized spacial score (nSPS) is 21.5. The summed E-state index contributed by atoms with van der Waals surface area (Å²) in [6, 6.07) is 11.4. The molecule has 0 saturated carbocycles. The second kappa shape index (κ2) is 9.97. The third kappa shape index (κ3) is 4.56. The molecule has 1 atom stereocenters. The van der Waals surface area contributed by atoms with Gasteiger partial charge in [-0.2, -0.15) is 0 Å². The van der Waals surface area contributed by atoms with Crippen molar-refractivity contribution in [2.45, 2.75) is 12.5 Å². The number of aliphatic hydroxyl groups excluding tert-OH is 1. The number of ether oxygens (including phenoxy) is 4. The number of likely N-dealkylation sites (tertiary alicyclic amines) is 1. The van der Waals surface area contributed by atoms with Crippen molar-refractivity contribution in [2.75, 3.05) is 53.3 Å². The first-order valence-corrected chi connectivity index (χ1v) is 11.7. The molecular weight excluding hydrogens is 452 g/mol. The van der Waals surface area contributed by atoms with Crippen molar-refractivity contribution < 1.29 is 33.6 Å². The smallest absolute Gasteiger partial charge is 0.295 e. The van der Waals surface area contributed by atoms with Gasteiger partial charge in [0.05, 0.1) is 31.9 Å². The molecule has 2 saturated heterocycles. The Bertz CT molecular complexity index is 1160. The number of hydrogen-bond donors (Lipinski definition) is 1. The van der Waals surface area contributed by atoms with Gasteiger partial charge in [-0.15, -0.1) is 0 Å². The molecule has 0 bridgehead atoms. The zero-order valence-corrected chi connectivity index (χ0v) is 19.6. The molecule has 0 radical (unpaired) electrons. The minimum absolute atomic E-state index is 0.0495. The van der Waals surface area contributed by atoms with Crippen molar-refractivity contribution in [2.24, 2.45) is 0 Å². The van der Waals surface area contributed by atoms with Crippen molar-refractivity contribution >= 4 is 17.4 Å². The molecule has 3 heterocycles. The van der Waals surface area contributed by atoms with Crippen molar-refractivity contribution in [3.8, 4) is 17.2 Å². The molecule has 0 aliphatic carbocycles. The van der Waals surface area contributed by atoms with Crippen molar-refractivity contribution in [1.29, 1.82) is 0 Å². The fourth-order valence-electron chi connectivity index (χ4n) is 4.76. The average molecular weight is 481 g/mol. The summed E-state index contributed by atoms with van der Waals surface area (Å²) < 4.78 is 21.6. The molecule has 1 amide bonds. The van der Waals surface area contributed by atoms with Crippen LogP contribution in [0.2, 0.25) is 0 Å². The first-order chi connectivity index (χ1) is 17.1. The summed E-state index contributed by atoms with van der Waals surface area (Å²) in [4.78, 5) is 30.3. The van der Waals surface area contributed by atoms with Crippen LogP contribution in [0.15, 0.2) is 48.0 Å². The summed E-state index contributed by atoms with van der Waals surface area (Å²) in [6.45, 7) is 4.36. The van der Waals surface area contributed by atoms with Crippen LogP contribution in [0.4, 0.5) is 0 Å². The number of amides is 1. The number of fused-ring (bicyclic) bond motifs is 1. The highest BCUT2D eigenvalue weighted by Crippen LogP contribution is 2.42. The van der Waals surface area contributed by atoms with E-state index in [1.165, 1.54) is 0 Å². The summed E-state index contributed by atoms with van der Waals surface area (Å²) in [5, 5.41) is 11.3. The van der Waals surface area contributed by atoms with Gasteiger partial charge in [0.25, 0.3) is 11.7 Å². The standard InChI is InChI=1S/C26H28N2O7/c1-32-19-5-2-4-17(14-19)23-22(24(29)18-6-7-20-21(15-18)35-16-34-20)25(30)26(31)28(23)9-3-8-27-10-12-33-13-11-27/h2,4-7,14-15,23,29H,3,8-13,16H2,1H3. The fraction of sp³-hybridized carbons (Fsp3) is 0.385. The summed E-state index contributed by atoms with van der Waals surface area (Å²) in [5.74, 6) is 0.0669. The molecule has 2 aromatic carbocycles. The van der Waals surface area contributed by atoms with E-state index in [0.29, 0.717) is 54.6 Å². The van der Waals surface area contributed by atoms with Crippen LogP contribution < -0.4 is 14.2 Å². The Morgan fingerprint density at radius 3 is 2.66 bits per heavy atom. The first-order valence-electron chi connectivity index (χ1n) is 11.7. The molecule has 3 aliphatic heterocycles. The summed E-state index contributed by atoms with van der Waals surface area (Å²) in [5.41, 5.74) is 1.12. The monoisotopic (exact) mass is 480 g/mol. The van der Waals surface area contributed by atoms with Crippen LogP contribution in [0.3, 0.4) is 0 Å². The summed E-state index contributed by atoms with van der Waals surface area (Å²) in [7, 11) is 1.56. The Balaban J connectivity index is 1.49. The third-order valence-corrected chi connectivity index (χ3v) is 6.57. The van der Waals surface area contributed by atoms with E-state index in [9.17, 15) is 14.7 Å². The quantitative estimate of drug-likeness (QED) is 0.367. The molecule has 9 heteroatoms. The summed E-state index contributed by atoms with van der Waals surface area (Å²) >= 11 is 0. The molecule has 5 rings (SSSR count). The predicted molar refractivity (Wildman–Crippen MR) is 126 cm³/mol. The molecule has 9 nitrogen and oxygen atoms in total. The molecule has 2 fully saturated rings. The van der Waals surface area contributed by atoms with Crippen LogP contribution in [-0.2, 0) is 14.3 Å². The lowest BCUT2D eigenvalue weighted by molar-refractivity contribution is -0.140. The van der Waals surface area contributed by atoms with E-state index in [4.69, 9.17) is 18.9 Å². The van der Waals surface area contributed by atoms with E-state index >= 15 is 0 Å². The van der Waals surface area contributed by atoms with Gasteiger partial charge in [0.2, 0.25) is 6.79 Å². The van der Waals surface area contributed by atoms with E-state index in [1.807, 2.05) is 12.1 Å². The molecule has 3 aliphatic rings. The van der Waals surface area contributed by atoms with Crippen molar-refractivity contribution in [1.82, 2.24) is 9.80 Å². The van der Waals surface area contributed by atoms with Crippen LogP contribution in [0.1, 0.15) is 23.6 Å². The lowest BCUT2D eigenvalue weighted by atomic mass is 9.95. The maximum Gasteiger partial charge on any atom is 0.295 e. The minimum atomic E-state index is -0.736. The molecule has 1 N–H and O–H groups in total. The van der Waals surface area contributed by atoms with Gasteiger partial charge < -0.3 is 29.0 Å². The van der Waals surface area contributed by atoms with Gasteiger partial charge in [-0.25, -0.2) is 0 Å². The van der Waals surface area contributed by atoms with Crippen LogP contribution in [0.25, 0.3) is 5.76 Å². The Morgan fingerprint density at radius 2 is 1.86 bits per heavy atom. The first kappa shape index (κ1) is 23.2.